The molecular formula is C57H35N5O. The Balaban J connectivity index is 0.962. The Kier molecular flexibility index (Phi) is 7.80. The van der Waals surface area contributed by atoms with Crippen LogP contribution in [-0.2, 0) is 0 Å². The lowest BCUT2D eigenvalue weighted by Gasteiger charge is -2.12. The fourth-order valence-corrected chi connectivity index (χ4v) is 9.52. The number of fused-ring (bicyclic) bond motifs is 9. The third-order valence-electron chi connectivity index (χ3n) is 12.4. The first kappa shape index (κ1) is 35.2. The normalized spacial score (nSPS) is 11.8. The summed E-state index contributed by atoms with van der Waals surface area (Å²) in [6.45, 7) is 0. The van der Waals surface area contributed by atoms with Crippen LogP contribution in [0.4, 0.5) is 0 Å². The van der Waals surface area contributed by atoms with E-state index < -0.39 is 0 Å². The molecule has 0 amide bonds. The molecule has 0 N–H and O–H groups in total. The molecule has 6 nitrogen and oxygen atoms in total. The van der Waals surface area contributed by atoms with Crippen molar-refractivity contribution >= 4 is 65.6 Å². The zero-order chi connectivity index (χ0) is 41.4. The molecule has 6 heteroatoms. The zero-order valence-corrected chi connectivity index (χ0v) is 33.9. The number of benzene rings is 9. The smallest absolute Gasteiger partial charge is 0.164 e. The van der Waals surface area contributed by atoms with Crippen molar-refractivity contribution in [2.75, 3.05) is 0 Å². The van der Waals surface area contributed by atoms with Crippen LogP contribution < -0.4 is 0 Å². The van der Waals surface area contributed by atoms with Gasteiger partial charge in [-0.3, -0.25) is 0 Å². The molecule has 0 aliphatic rings. The van der Waals surface area contributed by atoms with E-state index in [1.54, 1.807) is 0 Å². The van der Waals surface area contributed by atoms with Crippen LogP contribution >= 0.6 is 0 Å². The van der Waals surface area contributed by atoms with Gasteiger partial charge in [-0.1, -0.05) is 146 Å². The molecule has 0 unspecified atom stereocenters. The fourth-order valence-electron chi connectivity index (χ4n) is 9.52. The van der Waals surface area contributed by atoms with Gasteiger partial charge in [0.05, 0.1) is 22.1 Å². The van der Waals surface area contributed by atoms with Crippen molar-refractivity contribution in [3.63, 3.8) is 0 Å². The first-order valence-electron chi connectivity index (χ1n) is 21.2. The van der Waals surface area contributed by atoms with Gasteiger partial charge in [-0.15, -0.1) is 0 Å². The number of rotatable bonds is 6. The summed E-state index contributed by atoms with van der Waals surface area (Å²) in [5, 5.41) is 6.88. The topological polar surface area (TPSA) is 61.7 Å². The predicted octanol–water partition coefficient (Wildman–Crippen LogP) is 14.6. The second-order valence-electron chi connectivity index (χ2n) is 16.0. The Morgan fingerprint density at radius 1 is 0.302 bits per heavy atom. The Bertz CT molecular complexity index is 3920. The second kappa shape index (κ2) is 14.0. The van der Waals surface area contributed by atoms with Gasteiger partial charge in [-0.25, -0.2) is 15.0 Å². The summed E-state index contributed by atoms with van der Waals surface area (Å²) in [7, 11) is 0. The molecule has 0 radical (unpaired) electrons. The van der Waals surface area contributed by atoms with E-state index >= 15 is 0 Å². The van der Waals surface area contributed by atoms with Gasteiger partial charge in [0, 0.05) is 60.4 Å². The van der Waals surface area contributed by atoms with E-state index in [0.717, 1.165) is 66.6 Å². The van der Waals surface area contributed by atoms with E-state index in [2.05, 4.69) is 161 Å². The molecule has 0 saturated heterocycles. The highest BCUT2D eigenvalue weighted by atomic mass is 16.3. The molecule has 0 atom stereocenters. The summed E-state index contributed by atoms with van der Waals surface area (Å²) in [6, 6.07) is 74.6. The molecule has 0 fully saturated rings. The summed E-state index contributed by atoms with van der Waals surface area (Å²) in [4.78, 5) is 15.4. The van der Waals surface area contributed by atoms with E-state index in [9.17, 15) is 0 Å². The zero-order valence-electron chi connectivity index (χ0n) is 33.9. The van der Waals surface area contributed by atoms with Crippen molar-refractivity contribution in [3.05, 3.63) is 212 Å². The van der Waals surface area contributed by atoms with Gasteiger partial charge in [0.2, 0.25) is 0 Å². The summed E-state index contributed by atoms with van der Waals surface area (Å²) in [6.07, 6.45) is 0. The molecule has 4 aromatic heterocycles. The first-order chi connectivity index (χ1) is 31.2. The number of hydrogen-bond donors (Lipinski definition) is 0. The molecule has 13 rings (SSSR count). The van der Waals surface area contributed by atoms with Gasteiger partial charge in [0.25, 0.3) is 0 Å². The van der Waals surface area contributed by atoms with Gasteiger partial charge in [0.1, 0.15) is 11.2 Å². The maximum absolute atomic E-state index is 6.28. The third-order valence-corrected chi connectivity index (χ3v) is 12.4. The van der Waals surface area contributed by atoms with E-state index in [1.807, 2.05) is 60.7 Å². The second-order valence-corrected chi connectivity index (χ2v) is 16.0. The number of aromatic nitrogens is 5. The van der Waals surface area contributed by atoms with Crippen molar-refractivity contribution in [2.24, 2.45) is 0 Å². The minimum atomic E-state index is 0.591. The first-order valence-corrected chi connectivity index (χ1v) is 21.2. The summed E-state index contributed by atoms with van der Waals surface area (Å²) in [5.74, 6) is 1.79. The van der Waals surface area contributed by atoms with Crippen LogP contribution in [0.25, 0.3) is 122 Å². The summed E-state index contributed by atoms with van der Waals surface area (Å²) in [5.41, 5.74) is 13.5. The molecule has 294 valence electrons. The average molecular weight is 806 g/mol. The molecule has 0 saturated carbocycles. The lowest BCUT2D eigenvalue weighted by Crippen LogP contribution is -2.01. The van der Waals surface area contributed by atoms with Crippen molar-refractivity contribution in [1.29, 1.82) is 0 Å². The Morgan fingerprint density at radius 2 is 0.841 bits per heavy atom. The standard InChI is InChI=1S/C57H35N5O/c1-3-15-36(16-4-1)55-58-56(60-57(59-55)46-24-14-28-53-54(46)45-23-9-12-27-52(45)63-53)39-17-13-20-41(33-39)62-49-26-11-8-22-43(49)47-34-37(30-32-50(47)62)38-29-31-44-42-21-7-10-25-48(42)61(51(44)35-38)40-18-5-2-6-19-40/h1-35H. The van der Waals surface area contributed by atoms with Crippen LogP contribution in [0, 0.1) is 0 Å². The number of furan rings is 1. The van der Waals surface area contributed by atoms with Gasteiger partial charge in [-0.05, 0) is 77.9 Å². The lowest BCUT2D eigenvalue weighted by molar-refractivity contribution is 0.669. The minimum Gasteiger partial charge on any atom is -0.456 e. The van der Waals surface area contributed by atoms with Gasteiger partial charge >= 0.3 is 0 Å². The van der Waals surface area contributed by atoms with Gasteiger partial charge < -0.3 is 13.6 Å². The molecular weight excluding hydrogens is 771 g/mol. The third kappa shape index (κ3) is 5.62. The molecule has 0 bridgehead atoms. The predicted molar refractivity (Wildman–Crippen MR) is 258 cm³/mol. The van der Waals surface area contributed by atoms with Crippen molar-refractivity contribution < 1.29 is 4.42 Å². The highest BCUT2D eigenvalue weighted by Gasteiger charge is 2.20. The number of para-hydroxylation sites is 4. The Hall–Kier alpha value is -8.61. The van der Waals surface area contributed by atoms with Gasteiger partial charge in [0.15, 0.2) is 17.5 Å². The molecule has 9 aromatic carbocycles. The fraction of sp³-hybridized carbons (Fsp3) is 0. The van der Waals surface area contributed by atoms with E-state index in [1.165, 1.54) is 38.1 Å². The highest BCUT2D eigenvalue weighted by molar-refractivity contribution is 6.13. The number of hydrogen-bond acceptors (Lipinski definition) is 4. The molecule has 0 spiro atoms. The Labute approximate surface area is 361 Å². The molecule has 0 aliphatic carbocycles. The van der Waals surface area contributed by atoms with Crippen molar-refractivity contribution in [3.8, 4) is 56.7 Å². The monoisotopic (exact) mass is 805 g/mol. The lowest BCUT2D eigenvalue weighted by atomic mass is 10.0. The maximum Gasteiger partial charge on any atom is 0.164 e. The van der Waals surface area contributed by atoms with Crippen LogP contribution in [0.2, 0.25) is 0 Å². The summed E-state index contributed by atoms with van der Waals surface area (Å²) < 4.78 is 11.0. The van der Waals surface area contributed by atoms with Crippen molar-refractivity contribution in [2.45, 2.75) is 0 Å². The molecule has 13 aromatic rings. The SMILES string of the molecule is c1ccc(-c2nc(-c3cccc(-n4c5ccccc5c5cc(-c6ccc7c8ccccc8n(-c8ccccc8)c7c6)ccc54)c3)nc(-c3cccc4oc5ccccc5c34)n2)cc1. The maximum atomic E-state index is 6.28. The van der Waals surface area contributed by atoms with E-state index in [0.29, 0.717) is 17.5 Å². The minimum absolute atomic E-state index is 0.591. The van der Waals surface area contributed by atoms with Crippen LogP contribution in [-0.4, -0.2) is 24.1 Å². The van der Waals surface area contributed by atoms with Gasteiger partial charge in [-0.2, -0.15) is 0 Å². The van der Waals surface area contributed by atoms with Crippen LogP contribution in [0.15, 0.2) is 217 Å². The average Bonchev–Trinajstić information content (AvgIpc) is 4.02. The molecule has 0 aliphatic heterocycles. The van der Waals surface area contributed by atoms with Crippen LogP contribution in [0.5, 0.6) is 0 Å². The van der Waals surface area contributed by atoms with E-state index in [4.69, 9.17) is 19.4 Å². The molecule has 63 heavy (non-hydrogen) atoms. The van der Waals surface area contributed by atoms with Crippen LogP contribution in [0.1, 0.15) is 0 Å². The highest BCUT2D eigenvalue weighted by Crippen LogP contribution is 2.40. The van der Waals surface area contributed by atoms with Crippen molar-refractivity contribution in [1.82, 2.24) is 24.1 Å². The quantitative estimate of drug-likeness (QED) is 0.168. The molecule has 4 heterocycles. The Morgan fingerprint density at radius 3 is 1.65 bits per heavy atom. The summed E-state index contributed by atoms with van der Waals surface area (Å²) >= 11 is 0. The largest absolute Gasteiger partial charge is 0.456 e. The van der Waals surface area contributed by atoms with Crippen LogP contribution in [0.3, 0.4) is 0 Å². The van der Waals surface area contributed by atoms with E-state index in [-0.39, 0.29) is 0 Å². The number of nitrogens with zero attached hydrogens (tertiary/aromatic N) is 5.